The van der Waals surface area contributed by atoms with Crippen molar-refractivity contribution in [1.29, 1.82) is 0 Å². The maximum atomic E-state index is 13.3. The SMILES string of the molecule is O=S(=O)(O)c1cc(N=c2[nH]c(=Nc3cccc(S(=O)(=O)NCCO)c3)[nH]c(=Nc3cccc(S(=O)(=O)NCCO)c3)[nH]2)ccc1-c1ccc(N=c2[nH]c(=Nc3cccc(S(=O)(=O)NCCO)c3)[nH]c(=Nc3cccc(S(=O)(=O)NCCO)c3)[nH]2)cc1S(=O)(=O)O. The largest absolute Gasteiger partial charge is 0.395 e. The second kappa shape index (κ2) is 28.5. The van der Waals surface area contributed by atoms with Crippen molar-refractivity contribution >= 4 is 94.5 Å². The van der Waals surface area contributed by atoms with Gasteiger partial charge in [0.05, 0.1) is 80.1 Å². The lowest BCUT2D eigenvalue weighted by atomic mass is 10.0. The molecule has 0 bridgehead atoms. The quantitative estimate of drug-likeness (QED) is 0.0283. The van der Waals surface area contributed by atoms with Crippen molar-refractivity contribution < 1.29 is 80.0 Å². The van der Waals surface area contributed by atoms with E-state index in [9.17, 15) is 80.0 Å². The van der Waals surface area contributed by atoms with Gasteiger partial charge in [0.15, 0.2) is 0 Å². The Morgan fingerprint density at radius 2 is 0.511 bits per heavy atom. The minimum Gasteiger partial charge on any atom is -0.395 e. The van der Waals surface area contributed by atoms with Gasteiger partial charge in [-0.1, -0.05) is 36.4 Å². The molecule has 0 radical (unpaired) electrons. The fourth-order valence-electron chi connectivity index (χ4n) is 7.94. The second-order valence-electron chi connectivity index (χ2n) is 18.3. The van der Waals surface area contributed by atoms with Crippen LogP contribution in [0.4, 0.5) is 34.1 Å². The van der Waals surface area contributed by atoms with Crippen LogP contribution in [0.5, 0.6) is 0 Å². The van der Waals surface area contributed by atoms with Crippen LogP contribution < -0.4 is 52.6 Å². The van der Waals surface area contributed by atoms with Gasteiger partial charge < -0.3 is 20.4 Å². The average molecular weight is 1360 g/mol. The molecule has 16 N–H and O–H groups in total. The molecule has 8 aromatic rings. The molecule has 0 saturated heterocycles. The molecule has 0 fully saturated rings. The fraction of sp³-hybridized carbons (Fsp3) is 0.160. The van der Waals surface area contributed by atoms with E-state index in [0.717, 1.165) is 24.3 Å². The van der Waals surface area contributed by atoms with Gasteiger partial charge in [-0.2, -0.15) is 16.8 Å². The number of aromatic amines is 6. The standard InChI is InChI=1S/C50H54N16O18S6/c67-21-17-51-85(71,72)37-9-1-5-31(25-37)55-45-61-46(56-32-6-2-10-38(26-32)86(73,74)52-18-22-68)64-49(63-45)59-35-13-15-41(43(29-35)89(79,80)81)42-16-14-36(30-44(42)90(82,83)84)60-50-65-47(57-33-7-3-11-39(27-33)87(75,76)53-19-23-69)62-48(66-50)58-34-8-4-12-40(28-34)88(77,78)54-20-24-70/h1-16,25-30,51-54,67-70H,17-24H2,(H,79,80,81)(H,82,83,84)(H3,55,56,59,61,63,64)(H3,57,58,60,62,65,66). The van der Waals surface area contributed by atoms with Gasteiger partial charge in [-0.25, -0.2) is 82.5 Å². The van der Waals surface area contributed by atoms with Gasteiger partial charge in [0.25, 0.3) is 20.2 Å². The fourth-order valence-corrected chi connectivity index (χ4v) is 13.6. The smallest absolute Gasteiger partial charge is 0.295 e. The van der Waals surface area contributed by atoms with Gasteiger partial charge in [0.2, 0.25) is 73.8 Å². The van der Waals surface area contributed by atoms with Crippen LogP contribution in [0, 0.1) is 0 Å². The Hall–Kier alpha value is -8.56. The lowest BCUT2D eigenvalue weighted by molar-refractivity contribution is 0.300. The molecule has 0 atom stereocenters. The zero-order chi connectivity index (χ0) is 65.1. The van der Waals surface area contributed by atoms with E-state index >= 15 is 0 Å². The van der Waals surface area contributed by atoms with Gasteiger partial charge >= 0.3 is 0 Å². The molecular formula is C50H54N16O18S6. The van der Waals surface area contributed by atoms with E-state index in [-0.39, 0.29) is 114 Å². The zero-order valence-electron chi connectivity index (χ0n) is 46.1. The summed E-state index contributed by atoms with van der Waals surface area (Å²) in [5.74, 6) is 0. The maximum absolute atomic E-state index is 13.3. The number of rotatable bonds is 25. The minimum absolute atomic E-state index is 0.0249. The monoisotopic (exact) mass is 1360 g/mol. The molecule has 8 rings (SSSR count). The number of nitrogens with one attached hydrogen (secondary N) is 10. The van der Waals surface area contributed by atoms with Crippen molar-refractivity contribution in [3.63, 3.8) is 0 Å². The van der Waals surface area contributed by atoms with Crippen LogP contribution in [-0.4, -0.2) is 163 Å². The Morgan fingerprint density at radius 1 is 0.300 bits per heavy atom. The Balaban J connectivity index is 1.27. The number of aromatic nitrogens is 6. The van der Waals surface area contributed by atoms with E-state index in [1.54, 1.807) is 0 Å². The van der Waals surface area contributed by atoms with E-state index in [1.165, 1.54) is 109 Å². The third-order valence-electron chi connectivity index (χ3n) is 11.8. The number of H-pyrrole nitrogens is 6. The topological polar surface area (TPSA) is 543 Å². The summed E-state index contributed by atoms with van der Waals surface area (Å²) in [4.78, 5) is 40.5. The van der Waals surface area contributed by atoms with Crippen LogP contribution in [0.1, 0.15) is 0 Å². The van der Waals surface area contributed by atoms with Crippen LogP contribution in [0.2, 0.25) is 0 Å². The van der Waals surface area contributed by atoms with Gasteiger partial charge in [0.1, 0.15) is 9.79 Å². The van der Waals surface area contributed by atoms with Crippen molar-refractivity contribution in [3.8, 4) is 11.1 Å². The minimum atomic E-state index is -5.34. The molecule has 90 heavy (non-hydrogen) atoms. The third kappa shape index (κ3) is 17.9. The predicted octanol–water partition coefficient (Wildman–Crippen LogP) is -1.71. The van der Waals surface area contributed by atoms with Gasteiger partial charge in [0, 0.05) is 37.3 Å². The summed E-state index contributed by atoms with van der Waals surface area (Å²) < 4.78 is 187. The van der Waals surface area contributed by atoms with Crippen molar-refractivity contribution in [2.45, 2.75) is 29.4 Å². The molecule has 0 unspecified atom stereocenters. The van der Waals surface area contributed by atoms with E-state index in [2.05, 4.69) is 78.7 Å². The molecule has 34 nitrogen and oxygen atoms in total. The molecular weight excluding hydrogens is 1310 g/mol. The first kappa shape index (κ1) is 67.4. The molecule has 6 aromatic carbocycles. The van der Waals surface area contributed by atoms with Gasteiger partial charge in [-0.05, 0) is 97.1 Å². The molecule has 0 aliphatic carbocycles. The molecule has 0 aliphatic rings. The highest BCUT2D eigenvalue weighted by Gasteiger charge is 2.25. The summed E-state index contributed by atoms with van der Waals surface area (Å²) in [5.41, 5.74) is -2.80. The van der Waals surface area contributed by atoms with Crippen molar-refractivity contribution in [1.82, 2.24) is 48.8 Å². The molecule has 40 heteroatoms. The van der Waals surface area contributed by atoms with Gasteiger partial charge in [-0.15, -0.1) is 0 Å². The molecule has 0 saturated carbocycles. The number of aliphatic hydroxyl groups excluding tert-OH is 4. The summed E-state index contributed by atoms with van der Waals surface area (Å²) in [6.07, 6.45) is 0. The normalized spacial score (nSPS) is 13.4. The zero-order valence-corrected chi connectivity index (χ0v) is 51.0. The Morgan fingerprint density at radius 3 is 0.711 bits per heavy atom. The summed E-state index contributed by atoms with van der Waals surface area (Å²) >= 11 is 0. The lowest BCUT2D eigenvalue weighted by Crippen LogP contribution is -2.36. The number of sulfonamides is 4. The summed E-state index contributed by atoms with van der Waals surface area (Å²) in [7, 11) is -27.2. The first-order valence-corrected chi connectivity index (χ1v) is 34.6. The highest BCUT2D eigenvalue weighted by Crippen LogP contribution is 2.36. The van der Waals surface area contributed by atoms with Crippen LogP contribution in [0.3, 0.4) is 0 Å². The molecule has 2 heterocycles. The van der Waals surface area contributed by atoms with Crippen LogP contribution >= 0.6 is 0 Å². The van der Waals surface area contributed by atoms with Crippen LogP contribution in [0.15, 0.2) is 193 Å². The van der Waals surface area contributed by atoms with Crippen LogP contribution in [-0.2, 0) is 60.3 Å². The van der Waals surface area contributed by atoms with Gasteiger partial charge in [-0.3, -0.25) is 39.0 Å². The predicted molar refractivity (Wildman–Crippen MR) is 317 cm³/mol. The third-order valence-corrected chi connectivity index (χ3v) is 19.4. The van der Waals surface area contributed by atoms with Crippen molar-refractivity contribution in [2.24, 2.45) is 30.0 Å². The number of aliphatic hydroxyl groups is 4. The second-order valence-corrected chi connectivity index (χ2v) is 28.1. The molecule has 2 aromatic heterocycles. The highest BCUT2D eigenvalue weighted by atomic mass is 32.2. The Labute approximate surface area is 510 Å². The first-order chi connectivity index (χ1) is 42.6. The summed E-state index contributed by atoms with van der Waals surface area (Å²) in [5, 5.41) is 36.8. The number of nitrogens with zero attached hydrogens (tertiary/aromatic N) is 6. The first-order valence-electron chi connectivity index (χ1n) is 25.8. The number of hydrogen-bond donors (Lipinski definition) is 16. The van der Waals surface area contributed by atoms with E-state index in [0.29, 0.717) is 0 Å². The molecule has 478 valence electrons. The van der Waals surface area contributed by atoms with Crippen LogP contribution in [0.25, 0.3) is 11.1 Å². The lowest BCUT2D eigenvalue weighted by Gasteiger charge is -2.12. The van der Waals surface area contributed by atoms with Crippen molar-refractivity contribution in [2.75, 3.05) is 52.6 Å². The molecule has 0 aliphatic heterocycles. The summed E-state index contributed by atoms with van der Waals surface area (Å²) in [6.45, 7) is -3.13. The van der Waals surface area contributed by atoms with E-state index in [4.69, 9.17) is 0 Å². The number of hydrogen-bond acceptors (Lipinski definition) is 22. The van der Waals surface area contributed by atoms with E-state index in [1.807, 2.05) is 0 Å². The molecule has 0 amide bonds. The summed E-state index contributed by atoms with van der Waals surface area (Å²) in [6, 6.07) is 27.0. The molecule has 0 spiro atoms. The maximum Gasteiger partial charge on any atom is 0.295 e. The highest BCUT2D eigenvalue weighted by molar-refractivity contribution is 7.90. The van der Waals surface area contributed by atoms with E-state index < -0.39 is 108 Å². The Bertz CT molecular complexity index is 4650. The van der Waals surface area contributed by atoms with Crippen molar-refractivity contribution in [3.05, 3.63) is 167 Å². The number of benzene rings is 6. The Kier molecular flexibility index (Phi) is 21.3. The average Bonchev–Trinajstić information content (AvgIpc) is 0.806.